The third kappa shape index (κ3) is 4.12. The van der Waals surface area contributed by atoms with E-state index in [9.17, 15) is 18.0 Å². The van der Waals surface area contributed by atoms with E-state index in [1.807, 2.05) is 0 Å². The zero-order valence-corrected chi connectivity index (χ0v) is 14.9. The van der Waals surface area contributed by atoms with E-state index in [2.05, 4.69) is 0 Å². The van der Waals surface area contributed by atoms with Gasteiger partial charge < -0.3 is 14.7 Å². The monoisotopic (exact) mass is 376 g/mol. The predicted molar refractivity (Wildman–Crippen MR) is 87.7 cm³/mol. The highest BCUT2D eigenvalue weighted by Crippen LogP contribution is 2.27. The highest BCUT2D eigenvalue weighted by atomic mass is 32.2. The van der Waals surface area contributed by atoms with Crippen LogP contribution in [0.1, 0.15) is 23.0 Å². The molecule has 1 aromatic heterocycles. The lowest BCUT2D eigenvalue weighted by molar-refractivity contribution is -0.137. The summed E-state index contributed by atoms with van der Waals surface area (Å²) in [7, 11) is -3.77. The van der Waals surface area contributed by atoms with Crippen molar-refractivity contribution >= 4 is 33.2 Å². The van der Waals surface area contributed by atoms with Crippen LogP contribution >= 0.6 is 11.3 Å². The second-order valence-corrected chi connectivity index (χ2v) is 7.98. The fourth-order valence-corrected chi connectivity index (χ4v) is 5.13. The summed E-state index contributed by atoms with van der Waals surface area (Å²) in [6, 6.07) is 1.42. The number of carbonyl (C=O) groups is 2. The molecule has 1 aliphatic rings. The number of ether oxygens (including phenoxy) is 1. The summed E-state index contributed by atoms with van der Waals surface area (Å²) >= 11 is 1.05. The average molecular weight is 376 g/mol. The van der Waals surface area contributed by atoms with Crippen molar-refractivity contribution in [3.05, 3.63) is 16.3 Å². The summed E-state index contributed by atoms with van der Waals surface area (Å²) < 4.78 is 32.0. The molecular formula is C14H20N2O6S2. The summed E-state index contributed by atoms with van der Waals surface area (Å²) in [5, 5.41) is 10.3. The Balaban J connectivity index is 2.25. The molecule has 0 saturated carbocycles. The van der Waals surface area contributed by atoms with Crippen molar-refractivity contribution in [3.8, 4) is 0 Å². The molecule has 134 valence electrons. The van der Waals surface area contributed by atoms with Gasteiger partial charge in [-0.15, -0.1) is 11.3 Å². The Bertz CT molecular complexity index is 694. The van der Waals surface area contributed by atoms with E-state index in [1.165, 1.54) is 15.3 Å². The standard InChI is InChI=1S/C14H20N2O6S2/c1-2-15(5-3-12(17)18)14(19)13-11(4-10-23-13)24(20,21)16-6-8-22-9-7-16/h4,10H,2-3,5-9H2,1H3,(H,17,18). The number of sulfonamides is 1. The zero-order valence-electron chi connectivity index (χ0n) is 13.3. The lowest BCUT2D eigenvalue weighted by Gasteiger charge is -2.26. The molecule has 1 fully saturated rings. The maximum Gasteiger partial charge on any atom is 0.305 e. The van der Waals surface area contributed by atoms with Gasteiger partial charge in [0.05, 0.1) is 19.6 Å². The second-order valence-electron chi connectivity index (χ2n) is 5.16. The molecular weight excluding hydrogens is 356 g/mol. The quantitative estimate of drug-likeness (QED) is 0.751. The molecule has 1 amide bonds. The Morgan fingerprint density at radius 1 is 1.38 bits per heavy atom. The molecule has 0 aromatic carbocycles. The Hall–Kier alpha value is -1.49. The summed E-state index contributed by atoms with van der Waals surface area (Å²) in [5.74, 6) is -1.46. The van der Waals surface area contributed by atoms with Crippen molar-refractivity contribution < 1.29 is 27.9 Å². The number of hydrogen-bond donors (Lipinski definition) is 1. The first-order valence-corrected chi connectivity index (χ1v) is 9.86. The molecule has 1 N–H and O–H groups in total. The van der Waals surface area contributed by atoms with Gasteiger partial charge in [-0.3, -0.25) is 9.59 Å². The van der Waals surface area contributed by atoms with Crippen molar-refractivity contribution in [1.29, 1.82) is 0 Å². The van der Waals surface area contributed by atoms with Crippen molar-refractivity contribution in [1.82, 2.24) is 9.21 Å². The summed E-state index contributed by atoms with van der Waals surface area (Å²) in [6.45, 7) is 3.23. The molecule has 1 aliphatic heterocycles. The fraction of sp³-hybridized carbons (Fsp3) is 0.571. The normalized spacial score (nSPS) is 16.0. The molecule has 0 bridgehead atoms. The maximum absolute atomic E-state index is 12.8. The van der Waals surface area contributed by atoms with Crippen LogP contribution in [0.3, 0.4) is 0 Å². The van der Waals surface area contributed by atoms with Gasteiger partial charge >= 0.3 is 5.97 Å². The van der Waals surface area contributed by atoms with Gasteiger partial charge in [0.1, 0.15) is 9.77 Å². The van der Waals surface area contributed by atoms with Crippen LogP contribution in [0.15, 0.2) is 16.3 Å². The summed E-state index contributed by atoms with van der Waals surface area (Å²) in [4.78, 5) is 24.8. The van der Waals surface area contributed by atoms with Gasteiger partial charge in [-0.2, -0.15) is 4.31 Å². The van der Waals surface area contributed by atoms with E-state index in [0.29, 0.717) is 19.8 Å². The van der Waals surface area contributed by atoms with Crippen LogP contribution in [0.4, 0.5) is 0 Å². The minimum Gasteiger partial charge on any atom is -0.481 e. The Kier molecular flexibility index (Phi) is 6.33. The van der Waals surface area contributed by atoms with Crippen LogP contribution in [0, 0.1) is 0 Å². The summed E-state index contributed by atoms with van der Waals surface area (Å²) in [6.07, 6.45) is -0.184. The molecule has 0 aliphatic carbocycles. The fourth-order valence-electron chi connectivity index (χ4n) is 2.36. The molecule has 24 heavy (non-hydrogen) atoms. The van der Waals surface area contributed by atoms with Gasteiger partial charge in [0.15, 0.2) is 0 Å². The molecule has 0 radical (unpaired) electrons. The van der Waals surface area contributed by atoms with Gasteiger partial charge in [-0.1, -0.05) is 0 Å². The smallest absolute Gasteiger partial charge is 0.305 e. The van der Waals surface area contributed by atoms with Crippen molar-refractivity contribution in [3.63, 3.8) is 0 Å². The number of amides is 1. The van der Waals surface area contributed by atoms with Crippen LogP contribution in [0.2, 0.25) is 0 Å². The molecule has 2 rings (SSSR count). The topological polar surface area (TPSA) is 104 Å². The highest BCUT2D eigenvalue weighted by molar-refractivity contribution is 7.89. The van der Waals surface area contributed by atoms with Gasteiger partial charge in [-0.05, 0) is 18.4 Å². The van der Waals surface area contributed by atoms with E-state index in [0.717, 1.165) is 11.3 Å². The van der Waals surface area contributed by atoms with Crippen molar-refractivity contribution in [2.45, 2.75) is 18.2 Å². The Morgan fingerprint density at radius 2 is 2.04 bits per heavy atom. The largest absolute Gasteiger partial charge is 0.481 e. The van der Waals surface area contributed by atoms with Crippen LogP contribution in [-0.2, 0) is 19.6 Å². The lowest BCUT2D eigenvalue weighted by Crippen LogP contribution is -2.41. The molecule has 0 unspecified atom stereocenters. The first-order chi connectivity index (χ1) is 11.4. The first kappa shape index (κ1) is 18.8. The van der Waals surface area contributed by atoms with Gasteiger partial charge in [0, 0.05) is 26.2 Å². The molecule has 1 aromatic rings. The van der Waals surface area contributed by atoms with Crippen LogP contribution in [0.5, 0.6) is 0 Å². The molecule has 8 nitrogen and oxygen atoms in total. The third-order valence-electron chi connectivity index (χ3n) is 3.68. The van der Waals surface area contributed by atoms with E-state index >= 15 is 0 Å². The lowest BCUT2D eigenvalue weighted by atomic mass is 10.3. The number of carboxylic acid groups (broad SMARTS) is 1. The number of carboxylic acids is 1. The van der Waals surface area contributed by atoms with Crippen LogP contribution in [-0.4, -0.2) is 74.0 Å². The van der Waals surface area contributed by atoms with Crippen LogP contribution < -0.4 is 0 Å². The Labute approximate surface area is 144 Å². The molecule has 1 saturated heterocycles. The van der Waals surface area contributed by atoms with E-state index in [-0.39, 0.29) is 35.8 Å². The molecule has 10 heteroatoms. The van der Waals surface area contributed by atoms with Crippen molar-refractivity contribution in [2.24, 2.45) is 0 Å². The van der Waals surface area contributed by atoms with Gasteiger partial charge in [0.2, 0.25) is 10.0 Å². The minimum atomic E-state index is -3.77. The number of hydrogen-bond acceptors (Lipinski definition) is 6. The Morgan fingerprint density at radius 3 is 2.62 bits per heavy atom. The SMILES string of the molecule is CCN(CCC(=O)O)C(=O)c1sccc1S(=O)(=O)N1CCOCC1. The number of rotatable bonds is 7. The summed E-state index contributed by atoms with van der Waals surface area (Å²) in [5.41, 5.74) is 0. The van der Waals surface area contributed by atoms with E-state index in [4.69, 9.17) is 9.84 Å². The molecule has 0 atom stereocenters. The predicted octanol–water partition coefficient (Wildman–Crippen LogP) is 0.706. The minimum absolute atomic E-state index is 0.0202. The number of nitrogens with zero attached hydrogens (tertiary/aromatic N) is 2. The van der Waals surface area contributed by atoms with Gasteiger partial charge in [0.25, 0.3) is 5.91 Å². The maximum atomic E-state index is 12.8. The average Bonchev–Trinajstić information content (AvgIpc) is 3.06. The van der Waals surface area contributed by atoms with E-state index < -0.39 is 21.9 Å². The van der Waals surface area contributed by atoms with E-state index in [1.54, 1.807) is 12.3 Å². The molecule has 0 spiro atoms. The number of carbonyl (C=O) groups excluding carboxylic acids is 1. The first-order valence-electron chi connectivity index (χ1n) is 7.54. The number of thiophene rings is 1. The van der Waals surface area contributed by atoms with Crippen LogP contribution in [0.25, 0.3) is 0 Å². The third-order valence-corrected chi connectivity index (χ3v) is 6.65. The number of morpholine rings is 1. The van der Waals surface area contributed by atoms with Gasteiger partial charge in [-0.25, -0.2) is 8.42 Å². The highest BCUT2D eigenvalue weighted by Gasteiger charge is 2.32. The number of aliphatic carboxylic acids is 1. The molecule has 2 heterocycles. The zero-order chi connectivity index (χ0) is 17.7. The second kappa shape index (κ2) is 8.06. The van der Waals surface area contributed by atoms with Crippen molar-refractivity contribution in [2.75, 3.05) is 39.4 Å².